The Kier molecular flexibility index (Phi) is 10.0. The summed E-state index contributed by atoms with van der Waals surface area (Å²) in [5.74, 6) is -0.0797. The summed E-state index contributed by atoms with van der Waals surface area (Å²) in [6.45, 7) is 7.38. The number of carbonyl (C=O) groups is 1. The summed E-state index contributed by atoms with van der Waals surface area (Å²) in [5, 5.41) is 25.5. The minimum atomic E-state index is -0.838. The maximum absolute atomic E-state index is 12.6. The molecule has 0 fully saturated rings. The SMILES string of the molecule is CCC(O)c1cnc(C(Cc2ccccc2)C[C@H](O)[C@H](Cc2ccccc2)NC(=O)OC(C)(C)C)s1. The third-order valence-corrected chi connectivity index (χ3v) is 7.18. The molecule has 0 aliphatic rings. The number of aliphatic hydroxyl groups is 2. The van der Waals surface area contributed by atoms with E-state index in [9.17, 15) is 15.0 Å². The number of nitrogens with one attached hydrogen (secondary N) is 1. The van der Waals surface area contributed by atoms with E-state index in [0.717, 1.165) is 21.0 Å². The molecule has 36 heavy (non-hydrogen) atoms. The van der Waals surface area contributed by atoms with Crippen molar-refractivity contribution in [2.75, 3.05) is 0 Å². The Morgan fingerprint density at radius 3 is 2.14 bits per heavy atom. The third kappa shape index (κ3) is 8.73. The van der Waals surface area contributed by atoms with Crippen molar-refractivity contribution < 1.29 is 19.7 Å². The predicted octanol–water partition coefficient (Wildman–Crippen LogP) is 5.80. The van der Waals surface area contributed by atoms with E-state index in [2.05, 4.69) is 22.4 Å². The number of aliphatic hydroxyl groups excluding tert-OH is 2. The van der Waals surface area contributed by atoms with Gasteiger partial charge in [0.25, 0.3) is 0 Å². The van der Waals surface area contributed by atoms with Crippen molar-refractivity contribution in [3.63, 3.8) is 0 Å². The van der Waals surface area contributed by atoms with Gasteiger partial charge in [-0.3, -0.25) is 0 Å². The number of aromatic nitrogens is 1. The average molecular weight is 511 g/mol. The normalized spacial score (nSPS) is 15.1. The van der Waals surface area contributed by atoms with E-state index >= 15 is 0 Å². The number of thiazole rings is 1. The number of carbonyl (C=O) groups excluding carboxylic acids is 1. The van der Waals surface area contributed by atoms with Gasteiger partial charge in [0, 0.05) is 12.1 Å². The van der Waals surface area contributed by atoms with Crippen molar-refractivity contribution in [2.45, 2.75) is 83.1 Å². The van der Waals surface area contributed by atoms with Crippen molar-refractivity contribution in [3.8, 4) is 0 Å². The van der Waals surface area contributed by atoms with Gasteiger partial charge in [0.05, 0.1) is 28.1 Å². The molecule has 0 aliphatic carbocycles. The minimum absolute atomic E-state index is 0.0797. The molecule has 3 aromatic rings. The number of alkyl carbamates (subject to hydrolysis) is 1. The van der Waals surface area contributed by atoms with Gasteiger partial charge in [-0.2, -0.15) is 0 Å². The molecule has 2 unspecified atom stereocenters. The minimum Gasteiger partial charge on any atom is -0.444 e. The molecule has 3 rings (SSSR count). The Morgan fingerprint density at radius 2 is 1.58 bits per heavy atom. The zero-order valence-corrected chi connectivity index (χ0v) is 22.4. The predicted molar refractivity (Wildman–Crippen MR) is 144 cm³/mol. The highest BCUT2D eigenvalue weighted by Crippen LogP contribution is 2.33. The van der Waals surface area contributed by atoms with Crippen LogP contribution in [0.5, 0.6) is 0 Å². The lowest BCUT2D eigenvalue weighted by Crippen LogP contribution is -2.47. The first-order valence-electron chi connectivity index (χ1n) is 12.5. The van der Waals surface area contributed by atoms with Crippen LogP contribution in [-0.2, 0) is 17.6 Å². The number of hydrogen-bond donors (Lipinski definition) is 3. The standard InChI is InChI=1S/C29H38N2O4S/c1-5-24(32)26-19-30-27(36-26)22(16-20-12-8-6-9-13-20)18-25(33)23(17-21-14-10-7-11-15-21)31-28(34)35-29(2,3)4/h6-15,19,22-25,32-33H,5,16-18H2,1-4H3,(H,31,34)/t22?,23-,24?,25-/m0/s1. The van der Waals surface area contributed by atoms with Gasteiger partial charge in [0.2, 0.25) is 0 Å². The number of amides is 1. The maximum atomic E-state index is 12.6. The molecule has 0 spiro atoms. The van der Waals surface area contributed by atoms with Crippen LogP contribution in [0.25, 0.3) is 0 Å². The van der Waals surface area contributed by atoms with Crippen LogP contribution in [0.4, 0.5) is 4.79 Å². The fraction of sp³-hybridized carbons (Fsp3) is 0.448. The van der Waals surface area contributed by atoms with Crippen LogP contribution in [-0.4, -0.2) is 39.0 Å². The van der Waals surface area contributed by atoms with Crippen LogP contribution in [0.2, 0.25) is 0 Å². The second-order valence-corrected chi connectivity index (χ2v) is 11.3. The number of nitrogens with zero attached hydrogens (tertiary/aromatic N) is 1. The van der Waals surface area contributed by atoms with Gasteiger partial charge in [0.15, 0.2) is 0 Å². The van der Waals surface area contributed by atoms with Crippen molar-refractivity contribution in [1.82, 2.24) is 10.3 Å². The molecule has 0 radical (unpaired) electrons. The molecule has 0 aliphatic heterocycles. The monoisotopic (exact) mass is 510 g/mol. The number of hydrogen-bond acceptors (Lipinski definition) is 6. The topological polar surface area (TPSA) is 91.7 Å². The lowest BCUT2D eigenvalue weighted by molar-refractivity contribution is 0.0405. The zero-order valence-electron chi connectivity index (χ0n) is 21.6. The Bertz CT molecular complexity index is 1070. The van der Waals surface area contributed by atoms with Crippen molar-refractivity contribution in [2.24, 2.45) is 0 Å². The molecule has 1 amide bonds. The number of ether oxygens (including phenoxy) is 1. The van der Waals surface area contributed by atoms with Crippen molar-refractivity contribution >= 4 is 17.4 Å². The smallest absolute Gasteiger partial charge is 0.407 e. The highest BCUT2D eigenvalue weighted by atomic mass is 32.1. The maximum Gasteiger partial charge on any atom is 0.407 e. The lowest BCUT2D eigenvalue weighted by Gasteiger charge is -2.29. The molecule has 0 saturated carbocycles. The first kappa shape index (κ1) is 27.8. The molecule has 3 N–H and O–H groups in total. The van der Waals surface area contributed by atoms with Crippen LogP contribution >= 0.6 is 11.3 Å². The van der Waals surface area contributed by atoms with E-state index in [1.165, 1.54) is 11.3 Å². The van der Waals surface area contributed by atoms with Gasteiger partial charge in [-0.25, -0.2) is 9.78 Å². The Balaban J connectivity index is 1.84. The van der Waals surface area contributed by atoms with E-state index in [1.807, 2.05) is 76.2 Å². The van der Waals surface area contributed by atoms with Crippen LogP contribution < -0.4 is 5.32 Å². The molecule has 7 heteroatoms. The fourth-order valence-corrected chi connectivity index (χ4v) is 5.18. The molecular formula is C29H38N2O4S. The van der Waals surface area contributed by atoms with E-state index in [0.29, 0.717) is 25.7 Å². The number of benzene rings is 2. The van der Waals surface area contributed by atoms with E-state index in [4.69, 9.17) is 4.74 Å². The van der Waals surface area contributed by atoms with Crippen molar-refractivity contribution in [3.05, 3.63) is 87.9 Å². The molecule has 6 nitrogen and oxygen atoms in total. The summed E-state index contributed by atoms with van der Waals surface area (Å²) in [5.41, 5.74) is 1.52. The number of rotatable bonds is 11. The van der Waals surface area contributed by atoms with Gasteiger partial charge in [-0.15, -0.1) is 11.3 Å². The summed E-state index contributed by atoms with van der Waals surface area (Å²) in [7, 11) is 0. The molecule has 0 bridgehead atoms. The average Bonchev–Trinajstić information content (AvgIpc) is 3.33. The lowest BCUT2D eigenvalue weighted by atomic mass is 9.89. The molecular weight excluding hydrogens is 472 g/mol. The van der Waals surface area contributed by atoms with Gasteiger partial charge < -0.3 is 20.3 Å². The summed E-state index contributed by atoms with van der Waals surface area (Å²) in [6.07, 6.45) is 1.98. The van der Waals surface area contributed by atoms with Crippen LogP contribution in [0.3, 0.4) is 0 Å². The Hall–Kier alpha value is -2.74. The fourth-order valence-electron chi connectivity index (χ4n) is 4.08. The first-order chi connectivity index (χ1) is 17.1. The molecule has 2 aromatic carbocycles. The summed E-state index contributed by atoms with van der Waals surface area (Å²) >= 11 is 1.49. The molecule has 1 aromatic heterocycles. The Labute approximate surface area is 218 Å². The largest absolute Gasteiger partial charge is 0.444 e. The van der Waals surface area contributed by atoms with Crippen LogP contribution in [0, 0.1) is 0 Å². The first-order valence-corrected chi connectivity index (χ1v) is 13.4. The highest BCUT2D eigenvalue weighted by molar-refractivity contribution is 7.11. The van der Waals surface area contributed by atoms with Crippen LogP contribution in [0.1, 0.15) is 73.6 Å². The molecule has 1 heterocycles. The van der Waals surface area contributed by atoms with E-state index < -0.39 is 29.9 Å². The second-order valence-electron chi connectivity index (χ2n) is 10.2. The van der Waals surface area contributed by atoms with E-state index in [-0.39, 0.29) is 5.92 Å². The third-order valence-electron chi connectivity index (χ3n) is 5.92. The second kappa shape index (κ2) is 13.0. The molecule has 0 saturated heterocycles. The molecule has 4 atom stereocenters. The van der Waals surface area contributed by atoms with Gasteiger partial charge in [0.1, 0.15) is 5.60 Å². The Morgan fingerprint density at radius 1 is 1.00 bits per heavy atom. The zero-order chi connectivity index (χ0) is 26.1. The van der Waals surface area contributed by atoms with Gasteiger partial charge in [-0.05, 0) is 57.6 Å². The van der Waals surface area contributed by atoms with Crippen molar-refractivity contribution in [1.29, 1.82) is 0 Å². The summed E-state index contributed by atoms with van der Waals surface area (Å²) in [4.78, 5) is 18.1. The quantitative estimate of drug-likeness (QED) is 0.303. The summed E-state index contributed by atoms with van der Waals surface area (Å²) < 4.78 is 5.48. The highest BCUT2D eigenvalue weighted by Gasteiger charge is 2.29. The van der Waals surface area contributed by atoms with Gasteiger partial charge in [-0.1, -0.05) is 67.6 Å². The molecule has 194 valence electrons. The van der Waals surface area contributed by atoms with Crippen LogP contribution in [0.15, 0.2) is 66.9 Å². The van der Waals surface area contributed by atoms with E-state index in [1.54, 1.807) is 6.20 Å². The van der Waals surface area contributed by atoms with Gasteiger partial charge >= 0.3 is 6.09 Å². The summed E-state index contributed by atoms with van der Waals surface area (Å²) in [6, 6.07) is 19.4.